The maximum atomic E-state index is 13.4. The lowest BCUT2D eigenvalue weighted by Crippen LogP contribution is -2.39. The Bertz CT molecular complexity index is 237. The van der Waals surface area contributed by atoms with Gasteiger partial charge in [0.15, 0.2) is 0 Å². The molecule has 18 heavy (non-hydrogen) atoms. The van der Waals surface area contributed by atoms with Gasteiger partial charge in [0.2, 0.25) is 5.67 Å². The smallest absolute Gasteiger partial charge is 0.245 e. The van der Waals surface area contributed by atoms with Gasteiger partial charge in [-0.05, 0) is 39.5 Å². The van der Waals surface area contributed by atoms with Crippen LogP contribution in [-0.2, 0) is 0 Å². The van der Waals surface area contributed by atoms with Crippen LogP contribution in [-0.4, -0.2) is 17.5 Å². The molecule has 0 bridgehead atoms. The molecule has 0 heterocycles. The number of hydrogen-bond acceptors (Lipinski definition) is 0. The van der Waals surface area contributed by atoms with Gasteiger partial charge in [0.05, 0.1) is 0 Å². The molecule has 2 atom stereocenters. The highest BCUT2D eigenvalue weighted by Gasteiger charge is 2.52. The molecule has 110 valence electrons. The third-order valence-corrected chi connectivity index (χ3v) is 3.04. The Balaban J connectivity index is 3.95. The topological polar surface area (TPSA) is 0 Å². The summed E-state index contributed by atoms with van der Waals surface area (Å²) in [7, 11) is 0. The van der Waals surface area contributed by atoms with E-state index in [0.29, 0.717) is 32.6 Å². The molecule has 0 aliphatic rings. The predicted molar refractivity (Wildman–Crippen MR) is 63.0 cm³/mol. The molecule has 0 fully saturated rings. The molecule has 0 aromatic carbocycles. The Morgan fingerprint density at radius 3 is 1.78 bits per heavy atom. The van der Waals surface area contributed by atoms with E-state index in [2.05, 4.69) is 0 Å². The van der Waals surface area contributed by atoms with Crippen molar-refractivity contribution in [3.05, 3.63) is 0 Å². The molecule has 0 saturated heterocycles. The molecule has 0 aromatic heterocycles. The minimum absolute atomic E-state index is 0.357. The molecule has 2 unspecified atom stereocenters. The summed E-state index contributed by atoms with van der Waals surface area (Å²) >= 11 is 0. The molecule has 0 amide bonds. The van der Waals surface area contributed by atoms with E-state index in [-0.39, 0.29) is 5.92 Å². The Kier molecular flexibility index (Phi) is 6.08. The monoisotopic (exact) mass is 274 g/mol. The minimum Gasteiger partial charge on any atom is -0.245 e. The van der Waals surface area contributed by atoms with Gasteiger partial charge in [-0.2, -0.15) is 13.2 Å². The van der Waals surface area contributed by atoms with Gasteiger partial charge < -0.3 is 0 Å². The second kappa shape index (κ2) is 6.20. The van der Waals surface area contributed by atoms with E-state index in [1.54, 1.807) is 6.92 Å². The number of unbranched alkanes of at least 4 members (excludes halogenated alkanes) is 1. The summed E-state index contributed by atoms with van der Waals surface area (Å²) < 4.78 is 63.4. The van der Waals surface area contributed by atoms with Crippen LogP contribution in [0.5, 0.6) is 0 Å². The molecule has 0 spiro atoms. The van der Waals surface area contributed by atoms with Crippen molar-refractivity contribution in [3.8, 4) is 0 Å². The van der Waals surface area contributed by atoms with Gasteiger partial charge >= 0.3 is 6.18 Å². The molecule has 0 N–H and O–H groups in total. The third kappa shape index (κ3) is 7.17. The van der Waals surface area contributed by atoms with E-state index >= 15 is 0 Å². The van der Waals surface area contributed by atoms with Crippen molar-refractivity contribution >= 4 is 0 Å². The summed E-state index contributed by atoms with van der Waals surface area (Å²) in [4.78, 5) is 0. The van der Waals surface area contributed by atoms with Crippen molar-refractivity contribution in [1.29, 1.82) is 0 Å². The Labute approximate surface area is 106 Å². The quantitative estimate of drug-likeness (QED) is 0.418. The summed E-state index contributed by atoms with van der Waals surface area (Å²) in [5.74, 6) is -0.357. The molecule has 0 radical (unpaired) electrons. The average Bonchev–Trinajstić information content (AvgIpc) is 2.08. The first kappa shape index (κ1) is 17.6. The highest BCUT2D eigenvalue weighted by molar-refractivity contribution is 4.83. The number of halogens is 5. The van der Waals surface area contributed by atoms with Crippen molar-refractivity contribution in [3.63, 3.8) is 0 Å². The van der Waals surface area contributed by atoms with E-state index in [0.717, 1.165) is 0 Å². The molecule has 0 rings (SSSR count). The van der Waals surface area contributed by atoms with Gasteiger partial charge in [0, 0.05) is 0 Å². The van der Waals surface area contributed by atoms with Crippen LogP contribution in [0.2, 0.25) is 0 Å². The Morgan fingerprint density at radius 2 is 1.39 bits per heavy atom. The first-order valence-corrected chi connectivity index (χ1v) is 6.30. The molecule has 0 aliphatic heterocycles. The zero-order valence-electron chi connectivity index (χ0n) is 11.5. The normalized spacial score (nSPS) is 18.5. The fourth-order valence-electron chi connectivity index (χ4n) is 1.91. The number of rotatable bonds is 7. The highest BCUT2D eigenvalue weighted by Crippen LogP contribution is 2.39. The fraction of sp³-hybridized carbons (Fsp3) is 1.00. The van der Waals surface area contributed by atoms with Crippen LogP contribution < -0.4 is 0 Å². The molecule has 0 nitrogen and oxygen atoms in total. The van der Waals surface area contributed by atoms with Crippen LogP contribution in [0.1, 0.15) is 59.8 Å². The van der Waals surface area contributed by atoms with Crippen LogP contribution >= 0.6 is 0 Å². The number of alkyl halides is 5. The third-order valence-electron chi connectivity index (χ3n) is 3.04. The van der Waals surface area contributed by atoms with Crippen LogP contribution in [0.15, 0.2) is 0 Å². The zero-order chi connectivity index (χ0) is 14.6. The van der Waals surface area contributed by atoms with Crippen molar-refractivity contribution in [2.45, 2.75) is 77.3 Å². The van der Waals surface area contributed by atoms with E-state index in [1.165, 1.54) is 13.8 Å². The summed E-state index contributed by atoms with van der Waals surface area (Å²) in [5.41, 5.74) is -4.38. The maximum Gasteiger partial charge on any atom is 0.422 e. The first-order chi connectivity index (χ1) is 7.85. The van der Waals surface area contributed by atoms with Crippen molar-refractivity contribution in [1.82, 2.24) is 0 Å². The minimum atomic E-state index is -4.82. The highest BCUT2D eigenvalue weighted by atomic mass is 19.4. The second-order valence-electron chi connectivity index (χ2n) is 5.97. The lowest BCUT2D eigenvalue weighted by atomic mass is 9.89. The molecule has 0 saturated carbocycles. The molecule has 0 aromatic rings. The first-order valence-electron chi connectivity index (χ1n) is 6.30. The summed E-state index contributed by atoms with van der Waals surface area (Å²) in [6, 6.07) is 0. The lowest BCUT2D eigenvalue weighted by molar-refractivity contribution is -0.229. The fourth-order valence-corrected chi connectivity index (χ4v) is 1.91. The van der Waals surface area contributed by atoms with Gasteiger partial charge in [0.1, 0.15) is 5.67 Å². The van der Waals surface area contributed by atoms with Gasteiger partial charge in [0.25, 0.3) is 0 Å². The largest absolute Gasteiger partial charge is 0.422 e. The zero-order valence-corrected chi connectivity index (χ0v) is 11.5. The Morgan fingerprint density at radius 1 is 0.889 bits per heavy atom. The SMILES string of the molecule is CC(CCCCC(C)(C)F)CC(C)(F)C(F)(F)F. The van der Waals surface area contributed by atoms with Crippen LogP contribution in [0.4, 0.5) is 22.0 Å². The molecular formula is C13H23F5. The van der Waals surface area contributed by atoms with Crippen LogP contribution in [0.25, 0.3) is 0 Å². The van der Waals surface area contributed by atoms with Gasteiger partial charge in [-0.25, -0.2) is 8.78 Å². The van der Waals surface area contributed by atoms with E-state index in [9.17, 15) is 22.0 Å². The maximum absolute atomic E-state index is 13.4. The van der Waals surface area contributed by atoms with Crippen molar-refractivity contribution in [2.75, 3.05) is 0 Å². The van der Waals surface area contributed by atoms with Gasteiger partial charge in [-0.1, -0.05) is 26.2 Å². The van der Waals surface area contributed by atoms with Gasteiger partial charge in [-0.3, -0.25) is 0 Å². The Hall–Kier alpha value is -0.350. The van der Waals surface area contributed by atoms with Crippen molar-refractivity contribution in [2.24, 2.45) is 5.92 Å². The van der Waals surface area contributed by atoms with Gasteiger partial charge in [-0.15, -0.1) is 0 Å². The van der Waals surface area contributed by atoms with E-state index in [4.69, 9.17) is 0 Å². The lowest BCUT2D eigenvalue weighted by Gasteiger charge is -2.26. The molecule has 5 heteroatoms. The summed E-state index contributed by atoms with van der Waals surface area (Å²) in [6.07, 6.45) is -3.24. The standard InChI is InChI=1S/C13H23F5/c1-10(7-5-6-8-11(2,3)14)9-12(4,15)13(16,17)18/h10H,5-9H2,1-4H3. The summed E-state index contributed by atoms with van der Waals surface area (Å²) in [5, 5.41) is 0. The number of hydrogen-bond donors (Lipinski definition) is 0. The van der Waals surface area contributed by atoms with E-state index in [1.807, 2.05) is 0 Å². The van der Waals surface area contributed by atoms with Crippen LogP contribution in [0, 0.1) is 5.92 Å². The molecular weight excluding hydrogens is 251 g/mol. The second-order valence-corrected chi connectivity index (χ2v) is 5.97. The summed E-state index contributed by atoms with van der Waals surface area (Å²) in [6.45, 7) is 5.12. The molecule has 0 aliphatic carbocycles. The van der Waals surface area contributed by atoms with Crippen LogP contribution in [0.3, 0.4) is 0 Å². The van der Waals surface area contributed by atoms with E-state index < -0.39 is 23.9 Å². The average molecular weight is 274 g/mol. The predicted octanol–water partition coefficient (Wildman–Crippen LogP) is 5.61. The van der Waals surface area contributed by atoms with Crippen molar-refractivity contribution < 1.29 is 22.0 Å².